The van der Waals surface area contributed by atoms with Crippen LogP contribution < -0.4 is 0 Å². The van der Waals surface area contributed by atoms with Crippen LogP contribution in [0, 0.1) is 17.3 Å². The van der Waals surface area contributed by atoms with Gasteiger partial charge in [-0.1, -0.05) is 19.8 Å². The molecule has 0 bridgehead atoms. The summed E-state index contributed by atoms with van der Waals surface area (Å²) in [6.45, 7) is 2.11. The summed E-state index contributed by atoms with van der Waals surface area (Å²) in [5.41, 5.74) is 1.84. The summed E-state index contributed by atoms with van der Waals surface area (Å²) in [6, 6.07) is 8.84. The van der Waals surface area contributed by atoms with Gasteiger partial charge >= 0.3 is 0 Å². The normalized spacial score (nSPS) is 10.2. The lowest BCUT2D eigenvalue weighted by Gasteiger charge is -2.04. The molecule has 102 valence electrons. The second kappa shape index (κ2) is 6.76. The molecule has 0 unspecified atom stereocenters. The average Bonchev–Trinajstić information content (AvgIpc) is 2.49. The Labute approximate surface area is 118 Å². The number of halogens is 1. The van der Waals surface area contributed by atoms with Gasteiger partial charge in [0.05, 0.1) is 11.6 Å². The minimum atomic E-state index is -0.449. The number of benzene rings is 1. The third-order valence-electron chi connectivity index (χ3n) is 3.13. The number of hydrogen-bond donors (Lipinski definition) is 0. The molecule has 4 heteroatoms. The number of nitrogens with zero attached hydrogens (tertiary/aromatic N) is 3. The first-order chi connectivity index (χ1) is 9.74. The van der Waals surface area contributed by atoms with E-state index in [-0.39, 0.29) is 0 Å². The van der Waals surface area contributed by atoms with Crippen LogP contribution in [0.5, 0.6) is 0 Å². The minimum Gasteiger partial charge on any atom is -0.236 e. The second-order valence-electron chi connectivity index (χ2n) is 4.66. The van der Waals surface area contributed by atoms with Crippen molar-refractivity contribution in [3.05, 3.63) is 47.5 Å². The van der Waals surface area contributed by atoms with Crippen molar-refractivity contribution in [2.45, 2.75) is 32.6 Å². The van der Waals surface area contributed by atoms with Crippen LogP contribution >= 0.6 is 0 Å². The summed E-state index contributed by atoms with van der Waals surface area (Å²) < 4.78 is 13.9. The molecule has 0 fully saturated rings. The monoisotopic (exact) mass is 269 g/mol. The molecule has 0 N–H and O–H groups in total. The van der Waals surface area contributed by atoms with Gasteiger partial charge in [0.1, 0.15) is 0 Å². The van der Waals surface area contributed by atoms with Gasteiger partial charge < -0.3 is 0 Å². The van der Waals surface area contributed by atoms with Gasteiger partial charge in [-0.25, -0.2) is 4.98 Å². The lowest BCUT2D eigenvalue weighted by Crippen LogP contribution is -1.99. The van der Waals surface area contributed by atoms with Gasteiger partial charge in [-0.2, -0.15) is 14.6 Å². The van der Waals surface area contributed by atoms with Crippen LogP contribution in [0.15, 0.2) is 30.5 Å². The van der Waals surface area contributed by atoms with E-state index >= 15 is 0 Å². The topological polar surface area (TPSA) is 49.6 Å². The highest BCUT2D eigenvalue weighted by Crippen LogP contribution is 2.17. The molecular weight excluding hydrogens is 253 g/mol. The van der Waals surface area contributed by atoms with Crippen LogP contribution in [0.25, 0.3) is 11.4 Å². The lowest BCUT2D eigenvalue weighted by atomic mass is 10.1. The summed E-state index contributed by atoms with van der Waals surface area (Å²) >= 11 is 0. The number of rotatable bonds is 5. The number of nitriles is 1. The zero-order valence-electron chi connectivity index (χ0n) is 11.4. The van der Waals surface area contributed by atoms with E-state index in [1.807, 2.05) is 6.07 Å². The Hall–Kier alpha value is -2.28. The van der Waals surface area contributed by atoms with Crippen molar-refractivity contribution < 1.29 is 4.39 Å². The predicted octanol–water partition coefficient (Wildman–Crippen LogP) is 3.89. The van der Waals surface area contributed by atoms with Gasteiger partial charge in [0, 0.05) is 17.3 Å². The van der Waals surface area contributed by atoms with Crippen molar-refractivity contribution >= 4 is 0 Å². The number of aromatic nitrogens is 2. The number of hydrogen-bond acceptors (Lipinski definition) is 3. The largest absolute Gasteiger partial charge is 0.236 e. The van der Waals surface area contributed by atoms with E-state index in [1.165, 1.54) is 0 Å². The molecule has 1 aromatic carbocycles. The van der Waals surface area contributed by atoms with E-state index in [2.05, 4.69) is 16.9 Å². The molecule has 20 heavy (non-hydrogen) atoms. The van der Waals surface area contributed by atoms with Crippen molar-refractivity contribution in [1.82, 2.24) is 9.97 Å². The third-order valence-corrected chi connectivity index (χ3v) is 3.13. The molecule has 3 nitrogen and oxygen atoms in total. The zero-order valence-corrected chi connectivity index (χ0v) is 11.4. The summed E-state index contributed by atoms with van der Waals surface area (Å²) in [5, 5.41) is 8.74. The van der Waals surface area contributed by atoms with Crippen molar-refractivity contribution in [3.63, 3.8) is 0 Å². The third kappa shape index (κ3) is 3.39. The van der Waals surface area contributed by atoms with E-state index in [0.717, 1.165) is 19.3 Å². The first kappa shape index (κ1) is 14.1. The molecular formula is C16H16FN3. The van der Waals surface area contributed by atoms with Gasteiger partial charge in [0.2, 0.25) is 5.95 Å². The first-order valence-corrected chi connectivity index (χ1v) is 6.76. The quantitative estimate of drug-likeness (QED) is 0.611. The van der Waals surface area contributed by atoms with Crippen LogP contribution in [0.2, 0.25) is 0 Å². The van der Waals surface area contributed by atoms with Gasteiger partial charge in [0.25, 0.3) is 0 Å². The Morgan fingerprint density at radius 3 is 2.55 bits per heavy atom. The molecule has 0 radical (unpaired) electrons. The molecule has 0 saturated heterocycles. The molecule has 0 aliphatic rings. The van der Waals surface area contributed by atoms with Gasteiger partial charge in [0.15, 0.2) is 5.82 Å². The average molecular weight is 269 g/mol. The van der Waals surface area contributed by atoms with Gasteiger partial charge in [-0.05, 0) is 37.1 Å². The smallest absolute Gasteiger partial charge is 0.219 e. The Kier molecular flexibility index (Phi) is 4.78. The predicted molar refractivity (Wildman–Crippen MR) is 75.4 cm³/mol. The molecule has 0 saturated carbocycles. The van der Waals surface area contributed by atoms with Crippen LogP contribution in [-0.2, 0) is 6.42 Å². The fraction of sp³-hybridized carbons (Fsp3) is 0.312. The van der Waals surface area contributed by atoms with E-state index in [4.69, 9.17) is 5.26 Å². The molecule has 0 aliphatic heterocycles. The van der Waals surface area contributed by atoms with Crippen molar-refractivity contribution in [1.29, 1.82) is 5.26 Å². The summed E-state index contributed by atoms with van der Waals surface area (Å²) in [5.74, 6) is -0.0957. The van der Waals surface area contributed by atoms with Crippen molar-refractivity contribution in [2.24, 2.45) is 0 Å². The first-order valence-electron chi connectivity index (χ1n) is 6.76. The minimum absolute atomic E-state index is 0.353. The maximum Gasteiger partial charge on any atom is 0.219 e. The molecule has 1 heterocycles. The Bertz CT molecular complexity index is 615. The summed E-state index contributed by atoms with van der Waals surface area (Å²) in [6.07, 6.45) is 5.37. The van der Waals surface area contributed by atoms with Crippen LogP contribution in [0.4, 0.5) is 4.39 Å². The molecule has 0 amide bonds. The van der Waals surface area contributed by atoms with E-state index in [1.54, 1.807) is 30.5 Å². The molecule has 0 spiro atoms. The summed E-state index contributed by atoms with van der Waals surface area (Å²) in [7, 11) is 0. The highest BCUT2D eigenvalue weighted by Gasteiger charge is 2.08. The SMILES string of the molecule is CCCCCc1cnc(-c2ccc(C#N)cc2)nc1F. The van der Waals surface area contributed by atoms with E-state index < -0.39 is 5.95 Å². The maximum absolute atomic E-state index is 13.9. The van der Waals surface area contributed by atoms with Gasteiger partial charge in [-0.15, -0.1) is 0 Å². The maximum atomic E-state index is 13.9. The van der Waals surface area contributed by atoms with Crippen LogP contribution in [-0.4, -0.2) is 9.97 Å². The zero-order chi connectivity index (χ0) is 14.4. The highest BCUT2D eigenvalue weighted by molar-refractivity contribution is 5.56. The Morgan fingerprint density at radius 1 is 1.20 bits per heavy atom. The highest BCUT2D eigenvalue weighted by atomic mass is 19.1. The van der Waals surface area contributed by atoms with Crippen LogP contribution in [0.3, 0.4) is 0 Å². The van der Waals surface area contributed by atoms with Crippen molar-refractivity contribution in [2.75, 3.05) is 0 Å². The molecule has 0 atom stereocenters. The Balaban J connectivity index is 2.17. The van der Waals surface area contributed by atoms with E-state index in [9.17, 15) is 4.39 Å². The molecule has 2 aromatic rings. The number of unbranched alkanes of at least 4 members (excludes halogenated alkanes) is 2. The fourth-order valence-corrected chi connectivity index (χ4v) is 1.95. The summed E-state index contributed by atoms with van der Waals surface area (Å²) in [4.78, 5) is 8.13. The lowest BCUT2D eigenvalue weighted by molar-refractivity contribution is 0.556. The molecule has 2 rings (SSSR count). The molecule has 1 aromatic heterocycles. The fourth-order valence-electron chi connectivity index (χ4n) is 1.95. The molecule has 0 aliphatic carbocycles. The Morgan fingerprint density at radius 2 is 1.95 bits per heavy atom. The standard InChI is InChI=1S/C16H16FN3/c1-2-3-4-5-14-11-19-16(20-15(14)17)13-8-6-12(10-18)7-9-13/h6-9,11H,2-5H2,1H3. The number of aryl methyl sites for hydroxylation is 1. The second-order valence-corrected chi connectivity index (χ2v) is 4.66. The van der Waals surface area contributed by atoms with E-state index in [0.29, 0.717) is 28.9 Å². The van der Waals surface area contributed by atoms with Gasteiger partial charge in [-0.3, -0.25) is 0 Å². The van der Waals surface area contributed by atoms with Crippen LogP contribution in [0.1, 0.15) is 37.3 Å². The van der Waals surface area contributed by atoms with Crippen molar-refractivity contribution in [3.8, 4) is 17.5 Å².